The molecule has 5 heteroatoms. The maximum Gasteiger partial charge on any atom is 0.164 e. The number of halogens is 1. The molecule has 26 heavy (non-hydrogen) atoms. The van der Waals surface area contributed by atoms with E-state index in [-0.39, 0.29) is 6.10 Å². The average molecular weight is 376 g/mol. The first-order chi connectivity index (χ1) is 12.7. The van der Waals surface area contributed by atoms with Crippen molar-refractivity contribution in [2.45, 2.75) is 50.1 Å². The van der Waals surface area contributed by atoms with Crippen molar-refractivity contribution in [3.8, 4) is 0 Å². The van der Waals surface area contributed by atoms with Crippen LogP contribution in [0.4, 0.5) is 4.39 Å². The minimum Gasteiger partial charge on any atom is -0.368 e. The zero-order chi connectivity index (χ0) is 18.4. The van der Waals surface area contributed by atoms with Crippen LogP contribution in [0.3, 0.4) is 0 Å². The summed E-state index contributed by atoms with van der Waals surface area (Å²) in [6.45, 7) is 2.68. The Kier molecular flexibility index (Phi) is 7.08. The second kappa shape index (κ2) is 9.51. The lowest BCUT2D eigenvalue weighted by atomic mass is 10.0. The van der Waals surface area contributed by atoms with E-state index in [1.165, 1.54) is 11.8 Å². The molecule has 1 aliphatic rings. The Balaban J connectivity index is 1.69. The van der Waals surface area contributed by atoms with Gasteiger partial charge >= 0.3 is 0 Å². The van der Waals surface area contributed by atoms with Crippen molar-refractivity contribution in [2.24, 2.45) is 0 Å². The second-order valence-electron chi connectivity index (χ2n) is 6.41. The quantitative estimate of drug-likeness (QED) is 0.706. The van der Waals surface area contributed by atoms with Crippen LogP contribution < -0.4 is 0 Å². The third-order valence-electron chi connectivity index (χ3n) is 4.51. The number of thioether (sulfide) groups is 1. The molecule has 0 amide bonds. The SMILES string of the molecule is CSC1O[C@@H](C)[C@@H](OCc2ccccc2)[C@@H](OCc2ccccc2)[C@@H]1F. The molecule has 0 N–H and O–H groups in total. The molecular weight excluding hydrogens is 351 g/mol. The third-order valence-corrected chi connectivity index (χ3v) is 5.35. The summed E-state index contributed by atoms with van der Waals surface area (Å²) in [4.78, 5) is 0. The predicted molar refractivity (Wildman–Crippen MR) is 103 cm³/mol. The molecule has 0 aromatic heterocycles. The van der Waals surface area contributed by atoms with Crippen LogP contribution in [0.15, 0.2) is 60.7 Å². The van der Waals surface area contributed by atoms with E-state index >= 15 is 4.39 Å². The fraction of sp³-hybridized carbons (Fsp3) is 0.429. The van der Waals surface area contributed by atoms with Crippen molar-refractivity contribution in [3.63, 3.8) is 0 Å². The highest BCUT2D eigenvalue weighted by atomic mass is 32.2. The Morgan fingerprint density at radius 1 is 0.885 bits per heavy atom. The zero-order valence-corrected chi connectivity index (χ0v) is 15.9. The molecule has 0 saturated carbocycles. The number of hydrogen-bond donors (Lipinski definition) is 0. The standard InChI is InChI=1S/C21H25FO3S/c1-15-19(23-13-16-9-5-3-6-10-16)20(18(22)21(25-15)26-2)24-14-17-11-7-4-8-12-17/h3-12,15,18-21H,13-14H2,1-2H3/t15-,18-,19+,20-,21?/m0/s1. The molecule has 1 fully saturated rings. The molecule has 1 heterocycles. The summed E-state index contributed by atoms with van der Waals surface area (Å²) in [5, 5.41) is 0. The first-order valence-electron chi connectivity index (χ1n) is 8.82. The largest absolute Gasteiger partial charge is 0.368 e. The van der Waals surface area contributed by atoms with Crippen LogP contribution in [0.1, 0.15) is 18.1 Å². The van der Waals surface area contributed by atoms with Crippen LogP contribution in [0.5, 0.6) is 0 Å². The van der Waals surface area contributed by atoms with E-state index in [2.05, 4.69) is 0 Å². The van der Waals surface area contributed by atoms with Crippen molar-refractivity contribution in [1.82, 2.24) is 0 Å². The van der Waals surface area contributed by atoms with Crippen molar-refractivity contribution in [1.29, 1.82) is 0 Å². The van der Waals surface area contributed by atoms with Crippen molar-refractivity contribution in [3.05, 3.63) is 71.8 Å². The van der Waals surface area contributed by atoms with Gasteiger partial charge in [0, 0.05) is 0 Å². The molecule has 2 aromatic rings. The molecular formula is C21H25FO3S. The van der Waals surface area contributed by atoms with Gasteiger partial charge in [0.15, 0.2) is 6.17 Å². The highest BCUT2D eigenvalue weighted by Crippen LogP contribution is 2.33. The van der Waals surface area contributed by atoms with E-state index in [1.54, 1.807) is 0 Å². The fourth-order valence-electron chi connectivity index (χ4n) is 3.10. The lowest BCUT2D eigenvalue weighted by Crippen LogP contribution is -2.55. The van der Waals surface area contributed by atoms with Crippen molar-refractivity contribution in [2.75, 3.05) is 6.26 Å². The predicted octanol–water partition coefficient (Wildman–Crippen LogP) is 4.60. The first-order valence-corrected chi connectivity index (χ1v) is 10.1. The van der Waals surface area contributed by atoms with Gasteiger partial charge < -0.3 is 14.2 Å². The van der Waals surface area contributed by atoms with E-state index in [9.17, 15) is 0 Å². The van der Waals surface area contributed by atoms with Gasteiger partial charge in [0.25, 0.3) is 0 Å². The molecule has 1 saturated heterocycles. The summed E-state index contributed by atoms with van der Waals surface area (Å²) in [7, 11) is 0. The van der Waals surface area contributed by atoms with Gasteiger partial charge in [-0.05, 0) is 24.3 Å². The lowest BCUT2D eigenvalue weighted by molar-refractivity contribution is -0.214. The molecule has 1 aliphatic heterocycles. The molecule has 0 aliphatic carbocycles. The van der Waals surface area contributed by atoms with Gasteiger partial charge in [0.1, 0.15) is 17.6 Å². The normalized spacial score (nSPS) is 28.8. The maximum absolute atomic E-state index is 15.0. The Labute approximate surface area is 158 Å². The van der Waals surface area contributed by atoms with Crippen LogP contribution in [-0.2, 0) is 27.4 Å². The third kappa shape index (κ3) is 4.86. The van der Waals surface area contributed by atoms with Gasteiger partial charge in [-0.2, -0.15) is 0 Å². The molecule has 1 unspecified atom stereocenters. The fourth-order valence-corrected chi connectivity index (χ4v) is 3.80. The molecule has 3 nitrogen and oxygen atoms in total. The summed E-state index contributed by atoms with van der Waals surface area (Å²) in [6.07, 6.45) is -0.768. The summed E-state index contributed by atoms with van der Waals surface area (Å²) < 4.78 is 32.9. The molecule has 140 valence electrons. The molecule has 0 radical (unpaired) electrons. The molecule has 5 atom stereocenters. The number of alkyl halides is 1. The summed E-state index contributed by atoms with van der Waals surface area (Å²) in [5.74, 6) is 0. The monoisotopic (exact) mass is 376 g/mol. The van der Waals surface area contributed by atoms with Gasteiger partial charge in [-0.15, -0.1) is 11.8 Å². The topological polar surface area (TPSA) is 27.7 Å². The Bertz CT molecular complexity index is 655. The van der Waals surface area contributed by atoms with Gasteiger partial charge in [-0.3, -0.25) is 0 Å². The maximum atomic E-state index is 15.0. The van der Waals surface area contributed by atoms with E-state index in [1.807, 2.05) is 73.8 Å². The summed E-state index contributed by atoms with van der Waals surface area (Å²) in [5.41, 5.74) is 1.52. The van der Waals surface area contributed by atoms with Gasteiger partial charge in [-0.1, -0.05) is 60.7 Å². The van der Waals surface area contributed by atoms with Crippen LogP contribution in [0, 0.1) is 0 Å². The van der Waals surface area contributed by atoms with E-state index in [4.69, 9.17) is 14.2 Å². The average Bonchev–Trinajstić information content (AvgIpc) is 2.69. The molecule has 3 rings (SSSR count). The zero-order valence-electron chi connectivity index (χ0n) is 15.1. The Morgan fingerprint density at radius 2 is 1.38 bits per heavy atom. The van der Waals surface area contributed by atoms with E-state index in [0.29, 0.717) is 13.2 Å². The van der Waals surface area contributed by atoms with Crippen LogP contribution >= 0.6 is 11.8 Å². The number of hydrogen-bond acceptors (Lipinski definition) is 4. The Hall–Kier alpha value is -1.40. The van der Waals surface area contributed by atoms with Gasteiger partial charge in [0.2, 0.25) is 0 Å². The molecule has 2 aromatic carbocycles. The van der Waals surface area contributed by atoms with Gasteiger partial charge in [0.05, 0.1) is 19.3 Å². The van der Waals surface area contributed by atoms with Crippen LogP contribution in [-0.4, -0.2) is 36.2 Å². The second-order valence-corrected chi connectivity index (χ2v) is 7.35. The number of ether oxygens (including phenoxy) is 3. The molecule has 0 bridgehead atoms. The Morgan fingerprint density at radius 3 is 1.88 bits per heavy atom. The number of benzene rings is 2. The van der Waals surface area contributed by atoms with E-state index < -0.39 is 23.8 Å². The first kappa shape index (κ1) is 19.4. The molecule has 0 spiro atoms. The minimum atomic E-state index is -1.24. The van der Waals surface area contributed by atoms with E-state index in [0.717, 1.165) is 11.1 Å². The van der Waals surface area contributed by atoms with Gasteiger partial charge in [-0.25, -0.2) is 4.39 Å². The highest BCUT2D eigenvalue weighted by Gasteiger charge is 2.46. The minimum absolute atomic E-state index is 0.246. The van der Waals surface area contributed by atoms with Crippen molar-refractivity contribution >= 4 is 11.8 Å². The highest BCUT2D eigenvalue weighted by molar-refractivity contribution is 7.99. The van der Waals surface area contributed by atoms with Crippen molar-refractivity contribution < 1.29 is 18.6 Å². The smallest absolute Gasteiger partial charge is 0.164 e. The summed E-state index contributed by atoms with van der Waals surface area (Å²) in [6, 6.07) is 19.7. The van der Waals surface area contributed by atoms with Crippen LogP contribution in [0.2, 0.25) is 0 Å². The summed E-state index contributed by atoms with van der Waals surface area (Å²) >= 11 is 1.37. The lowest BCUT2D eigenvalue weighted by Gasteiger charge is -2.42. The van der Waals surface area contributed by atoms with Crippen LogP contribution in [0.25, 0.3) is 0 Å². The number of rotatable bonds is 7.